The van der Waals surface area contributed by atoms with Crippen LogP contribution in [0.2, 0.25) is 0 Å². The Hall–Kier alpha value is -2.87. The molecular weight excluding hydrogens is 332 g/mol. The van der Waals surface area contributed by atoms with Crippen molar-refractivity contribution >= 4 is 23.2 Å². The molecule has 0 aromatic carbocycles. The summed E-state index contributed by atoms with van der Waals surface area (Å²) < 4.78 is 5.17. The van der Waals surface area contributed by atoms with Gasteiger partial charge in [-0.05, 0) is 25.0 Å². The third kappa shape index (κ3) is 4.20. The number of primary amides is 1. The number of nitrogens with one attached hydrogen (secondary N) is 2. The Labute approximate surface area is 152 Å². The molecular formula is C18H24N6O2. The molecule has 2 aromatic heterocycles. The molecule has 2 heterocycles. The van der Waals surface area contributed by atoms with Crippen LogP contribution in [-0.4, -0.2) is 35.1 Å². The Morgan fingerprint density at radius 2 is 2.08 bits per heavy atom. The fraction of sp³-hybridized carbons (Fsp3) is 0.389. The number of nitrogens with two attached hydrogens (primary N) is 2. The number of hydrogen-bond donors (Lipinski definition) is 4. The van der Waals surface area contributed by atoms with Crippen molar-refractivity contribution in [1.29, 1.82) is 0 Å². The molecule has 3 rings (SSSR count). The van der Waals surface area contributed by atoms with Crippen LogP contribution in [-0.2, 0) is 0 Å². The van der Waals surface area contributed by atoms with E-state index in [1.165, 1.54) is 0 Å². The van der Waals surface area contributed by atoms with E-state index in [2.05, 4.69) is 20.6 Å². The van der Waals surface area contributed by atoms with Gasteiger partial charge >= 0.3 is 0 Å². The summed E-state index contributed by atoms with van der Waals surface area (Å²) in [6.45, 7) is 0. The minimum Gasteiger partial charge on any atom is -0.495 e. The first-order valence-corrected chi connectivity index (χ1v) is 8.66. The molecule has 1 fully saturated rings. The van der Waals surface area contributed by atoms with E-state index in [0.717, 1.165) is 25.7 Å². The Morgan fingerprint density at radius 1 is 1.27 bits per heavy atom. The second-order valence-electron chi connectivity index (χ2n) is 6.39. The van der Waals surface area contributed by atoms with E-state index in [-0.39, 0.29) is 12.1 Å². The fourth-order valence-electron chi connectivity index (χ4n) is 3.10. The molecule has 0 radical (unpaired) electrons. The lowest BCUT2D eigenvalue weighted by atomic mass is 9.91. The Kier molecular flexibility index (Phi) is 5.52. The number of hydrogen-bond acceptors (Lipinski definition) is 7. The summed E-state index contributed by atoms with van der Waals surface area (Å²) >= 11 is 0. The minimum atomic E-state index is -0.559. The van der Waals surface area contributed by atoms with Crippen LogP contribution in [0.1, 0.15) is 36.0 Å². The Bertz CT molecular complexity index is 782. The molecule has 0 saturated heterocycles. The smallest absolute Gasteiger partial charge is 0.252 e. The average Bonchev–Trinajstić information content (AvgIpc) is 2.64. The number of ether oxygens (including phenoxy) is 1. The summed E-state index contributed by atoms with van der Waals surface area (Å²) in [4.78, 5) is 20.4. The van der Waals surface area contributed by atoms with Crippen molar-refractivity contribution in [3.63, 3.8) is 0 Å². The van der Waals surface area contributed by atoms with Crippen LogP contribution in [0.5, 0.6) is 5.75 Å². The van der Waals surface area contributed by atoms with E-state index in [1.807, 2.05) is 0 Å². The third-order valence-corrected chi connectivity index (χ3v) is 4.52. The standard InChI is InChI=1S/C18H24N6O2/c1-26-12-8-11(9-21-10-12)22-18-13(17(20)25)6-7-16(24-18)23-15-5-3-2-4-14(15)19/h6-10,14-15H,2-5,19H2,1H3,(H2,20,25)(H2,22,23,24)/t14-,15+/m0/s1. The van der Waals surface area contributed by atoms with Gasteiger partial charge in [0.05, 0.1) is 30.8 Å². The third-order valence-electron chi connectivity index (χ3n) is 4.52. The van der Waals surface area contributed by atoms with Crippen molar-refractivity contribution in [1.82, 2.24) is 9.97 Å². The molecule has 8 nitrogen and oxygen atoms in total. The second-order valence-corrected chi connectivity index (χ2v) is 6.39. The van der Waals surface area contributed by atoms with Crippen molar-refractivity contribution in [2.24, 2.45) is 11.5 Å². The summed E-state index contributed by atoms with van der Waals surface area (Å²) in [6.07, 6.45) is 7.51. The van der Waals surface area contributed by atoms with Crippen LogP contribution in [0, 0.1) is 0 Å². The number of rotatable bonds is 6. The van der Waals surface area contributed by atoms with Crippen molar-refractivity contribution in [2.75, 3.05) is 17.7 Å². The molecule has 1 amide bonds. The highest BCUT2D eigenvalue weighted by Crippen LogP contribution is 2.25. The lowest BCUT2D eigenvalue weighted by Gasteiger charge is -2.29. The monoisotopic (exact) mass is 356 g/mol. The maximum absolute atomic E-state index is 11.7. The van der Waals surface area contributed by atoms with E-state index in [4.69, 9.17) is 16.2 Å². The minimum absolute atomic E-state index is 0.0976. The summed E-state index contributed by atoms with van der Waals surface area (Å²) in [7, 11) is 1.56. The van der Waals surface area contributed by atoms with Crippen LogP contribution in [0.25, 0.3) is 0 Å². The lowest BCUT2D eigenvalue weighted by Crippen LogP contribution is -2.42. The van der Waals surface area contributed by atoms with Gasteiger partial charge in [-0.2, -0.15) is 0 Å². The van der Waals surface area contributed by atoms with Gasteiger partial charge in [-0.25, -0.2) is 4.98 Å². The maximum atomic E-state index is 11.7. The SMILES string of the molecule is COc1cncc(Nc2nc(N[C@@H]3CCCC[C@@H]3N)ccc2C(N)=O)c1. The number of nitrogens with zero attached hydrogens (tertiary/aromatic N) is 2. The van der Waals surface area contributed by atoms with Gasteiger partial charge in [0.2, 0.25) is 0 Å². The molecule has 0 spiro atoms. The quantitative estimate of drug-likeness (QED) is 0.623. The summed E-state index contributed by atoms with van der Waals surface area (Å²) in [5.41, 5.74) is 12.6. The topological polar surface area (TPSA) is 128 Å². The van der Waals surface area contributed by atoms with Gasteiger partial charge < -0.3 is 26.8 Å². The number of amides is 1. The molecule has 2 aromatic rings. The number of carbonyl (C=O) groups excluding carboxylic acids is 1. The normalized spacial score (nSPS) is 19.6. The lowest BCUT2D eigenvalue weighted by molar-refractivity contribution is 0.100. The first kappa shape index (κ1) is 17.9. The van der Waals surface area contributed by atoms with Crippen molar-refractivity contribution in [2.45, 2.75) is 37.8 Å². The predicted octanol–water partition coefficient (Wildman–Crippen LogP) is 2.01. The van der Waals surface area contributed by atoms with Crippen LogP contribution >= 0.6 is 0 Å². The van der Waals surface area contributed by atoms with E-state index in [1.54, 1.807) is 37.7 Å². The first-order valence-electron chi connectivity index (χ1n) is 8.66. The Balaban J connectivity index is 1.85. The van der Waals surface area contributed by atoms with E-state index < -0.39 is 5.91 Å². The van der Waals surface area contributed by atoms with Gasteiger partial charge in [-0.3, -0.25) is 9.78 Å². The van der Waals surface area contributed by atoms with Gasteiger partial charge in [0.15, 0.2) is 0 Å². The number of anilines is 3. The molecule has 0 unspecified atom stereocenters. The molecule has 138 valence electrons. The van der Waals surface area contributed by atoms with Gasteiger partial charge in [-0.1, -0.05) is 12.8 Å². The molecule has 1 aliphatic carbocycles. The van der Waals surface area contributed by atoms with Crippen LogP contribution in [0.3, 0.4) is 0 Å². The number of carbonyl (C=O) groups is 1. The van der Waals surface area contributed by atoms with Crippen molar-refractivity contribution in [3.8, 4) is 5.75 Å². The highest BCUT2D eigenvalue weighted by atomic mass is 16.5. The van der Waals surface area contributed by atoms with Gasteiger partial charge in [-0.15, -0.1) is 0 Å². The second kappa shape index (κ2) is 8.01. The Morgan fingerprint density at radius 3 is 2.81 bits per heavy atom. The average molecular weight is 356 g/mol. The number of aromatic nitrogens is 2. The van der Waals surface area contributed by atoms with E-state index in [0.29, 0.717) is 28.6 Å². The molecule has 2 atom stereocenters. The van der Waals surface area contributed by atoms with Crippen LogP contribution in [0.15, 0.2) is 30.6 Å². The van der Waals surface area contributed by atoms with Crippen molar-refractivity contribution in [3.05, 3.63) is 36.2 Å². The predicted molar refractivity (Wildman–Crippen MR) is 101 cm³/mol. The number of pyridine rings is 2. The van der Waals surface area contributed by atoms with Crippen LogP contribution < -0.4 is 26.8 Å². The van der Waals surface area contributed by atoms with Gasteiger partial charge in [0.25, 0.3) is 5.91 Å². The highest BCUT2D eigenvalue weighted by molar-refractivity contribution is 5.98. The van der Waals surface area contributed by atoms with Crippen molar-refractivity contribution < 1.29 is 9.53 Å². The van der Waals surface area contributed by atoms with Gasteiger partial charge in [0.1, 0.15) is 17.4 Å². The fourth-order valence-corrected chi connectivity index (χ4v) is 3.10. The first-order chi connectivity index (χ1) is 12.6. The largest absolute Gasteiger partial charge is 0.495 e. The molecule has 1 aliphatic rings. The zero-order chi connectivity index (χ0) is 18.5. The molecule has 6 N–H and O–H groups in total. The number of methoxy groups -OCH3 is 1. The summed E-state index contributed by atoms with van der Waals surface area (Å²) in [6, 6.07) is 5.43. The summed E-state index contributed by atoms with van der Waals surface area (Å²) in [5.74, 6) is 1.05. The molecule has 0 aliphatic heterocycles. The molecule has 0 bridgehead atoms. The van der Waals surface area contributed by atoms with Crippen LogP contribution in [0.4, 0.5) is 17.3 Å². The maximum Gasteiger partial charge on any atom is 0.252 e. The van der Waals surface area contributed by atoms with E-state index in [9.17, 15) is 4.79 Å². The summed E-state index contributed by atoms with van der Waals surface area (Å²) in [5, 5.41) is 6.47. The zero-order valence-corrected chi connectivity index (χ0v) is 14.7. The molecule has 1 saturated carbocycles. The molecule has 26 heavy (non-hydrogen) atoms. The zero-order valence-electron chi connectivity index (χ0n) is 14.7. The highest BCUT2D eigenvalue weighted by Gasteiger charge is 2.22. The van der Waals surface area contributed by atoms with E-state index >= 15 is 0 Å². The van der Waals surface area contributed by atoms with Gasteiger partial charge in [0, 0.05) is 18.2 Å². The molecule has 8 heteroatoms.